The monoisotopic (exact) mass is 564 g/mol. The first-order chi connectivity index (χ1) is 19.4. The molecular formula is C36H68O2S. The van der Waals surface area contributed by atoms with Crippen LogP contribution in [0.4, 0.5) is 0 Å². The van der Waals surface area contributed by atoms with Crippen LogP contribution in [0.1, 0.15) is 194 Å². The van der Waals surface area contributed by atoms with Crippen LogP contribution in [0.5, 0.6) is 10.8 Å². The number of unbranched alkanes of at least 4 members (excludes halogenated alkanes) is 26. The van der Waals surface area contributed by atoms with Crippen LogP contribution >= 0.6 is 11.3 Å². The summed E-state index contributed by atoms with van der Waals surface area (Å²) in [5.74, 6) is 0.958. The van der Waals surface area contributed by atoms with E-state index < -0.39 is 0 Å². The number of thiophene rings is 1. The van der Waals surface area contributed by atoms with Gasteiger partial charge >= 0.3 is 0 Å². The van der Waals surface area contributed by atoms with E-state index in [2.05, 4.69) is 25.3 Å². The summed E-state index contributed by atoms with van der Waals surface area (Å²) in [6.45, 7) is 6.24. The van der Waals surface area contributed by atoms with Gasteiger partial charge in [0.2, 0.25) is 5.06 Å². The molecule has 0 aliphatic heterocycles. The largest absolute Gasteiger partial charge is 0.489 e. The number of hydrogen-bond donors (Lipinski definition) is 0. The smallest absolute Gasteiger partial charge is 0.216 e. The summed E-state index contributed by atoms with van der Waals surface area (Å²) in [5, 5.41) is 3.08. The molecule has 0 aromatic carbocycles. The van der Waals surface area contributed by atoms with Crippen LogP contribution in [0.25, 0.3) is 0 Å². The summed E-state index contributed by atoms with van der Waals surface area (Å²) in [6, 6.07) is 2.08. The van der Waals surface area contributed by atoms with Gasteiger partial charge in [-0.3, -0.25) is 0 Å². The summed E-state index contributed by atoms with van der Waals surface area (Å²) in [7, 11) is 0. The van der Waals surface area contributed by atoms with Crippen molar-refractivity contribution in [3.8, 4) is 10.8 Å². The van der Waals surface area contributed by atoms with Crippen LogP contribution in [0.2, 0.25) is 0 Å². The molecule has 3 heteroatoms. The maximum absolute atomic E-state index is 6.05. The Hall–Kier alpha value is -0.700. The predicted molar refractivity (Wildman–Crippen MR) is 176 cm³/mol. The van der Waals surface area contributed by atoms with Crippen molar-refractivity contribution in [2.75, 3.05) is 13.2 Å². The van der Waals surface area contributed by atoms with E-state index in [-0.39, 0.29) is 0 Å². The fraction of sp³-hybridized carbons (Fsp3) is 0.889. The van der Waals surface area contributed by atoms with Gasteiger partial charge in [0.1, 0.15) is 0 Å². The molecule has 0 bridgehead atoms. The van der Waals surface area contributed by atoms with Crippen LogP contribution in [0, 0.1) is 0 Å². The molecule has 0 saturated heterocycles. The van der Waals surface area contributed by atoms with E-state index in [9.17, 15) is 0 Å². The molecule has 0 fully saturated rings. The van der Waals surface area contributed by atoms with Crippen molar-refractivity contribution < 1.29 is 9.47 Å². The van der Waals surface area contributed by atoms with Crippen LogP contribution in [-0.2, 0) is 0 Å². The minimum Gasteiger partial charge on any atom is -0.489 e. The van der Waals surface area contributed by atoms with Crippen LogP contribution in [0.15, 0.2) is 11.4 Å². The minimum absolute atomic E-state index is 0.823. The molecule has 0 aliphatic rings. The molecule has 1 rings (SSSR count). The van der Waals surface area contributed by atoms with Gasteiger partial charge in [0.15, 0.2) is 5.75 Å². The second-order valence-electron chi connectivity index (χ2n) is 12.0. The maximum atomic E-state index is 6.05. The normalized spacial score (nSPS) is 11.3. The molecule has 0 aliphatic carbocycles. The molecule has 1 aromatic heterocycles. The Labute approximate surface area is 249 Å². The molecule has 0 unspecified atom stereocenters. The third-order valence-corrected chi connectivity index (χ3v) is 8.89. The van der Waals surface area contributed by atoms with Gasteiger partial charge in [-0.1, -0.05) is 181 Å². The molecular weight excluding hydrogens is 496 g/mol. The molecule has 230 valence electrons. The van der Waals surface area contributed by atoms with E-state index in [1.807, 2.05) is 0 Å². The first-order valence-corrected chi connectivity index (χ1v) is 18.6. The molecule has 39 heavy (non-hydrogen) atoms. The van der Waals surface area contributed by atoms with Gasteiger partial charge in [0.25, 0.3) is 0 Å². The average Bonchev–Trinajstić information content (AvgIpc) is 3.40. The highest BCUT2D eigenvalue weighted by Gasteiger charge is 2.07. The predicted octanol–water partition coefficient (Wildman–Crippen LogP) is 13.5. The van der Waals surface area contributed by atoms with E-state index in [1.54, 1.807) is 11.3 Å². The number of hydrogen-bond acceptors (Lipinski definition) is 3. The standard InChI is InChI=1S/C36H68O2S/c1-3-5-7-9-11-13-15-17-19-21-23-25-27-29-32-37-35-31-34-39-36(35)38-33-30-28-26-24-22-20-18-16-14-12-10-8-6-4-2/h31,34H,3-30,32-33H2,1-2H3. The zero-order valence-corrected chi connectivity index (χ0v) is 27.4. The maximum Gasteiger partial charge on any atom is 0.216 e. The molecule has 0 N–H and O–H groups in total. The van der Waals surface area contributed by atoms with Gasteiger partial charge in [0, 0.05) is 0 Å². The van der Waals surface area contributed by atoms with E-state index in [1.165, 1.54) is 167 Å². The van der Waals surface area contributed by atoms with Gasteiger partial charge in [-0.05, 0) is 24.3 Å². The van der Waals surface area contributed by atoms with Crippen molar-refractivity contribution >= 4 is 11.3 Å². The second kappa shape index (κ2) is 30.3. The number of ether oxygens (including phenoxy) is 2. The van der Waals surface area contributed by atoms with Crippen LogP contribution < -0.4 is 9.47 Å². The summed E-state index contributed by atoms with van der Waals surface area (Å²) in [6.07, 6.45) is 39.0. The molecule has 2 nitrogen and oxygen atoms in total. The van der Waals surface area contributed by atoms with E-state index in [0.717, 1.165) is 36.9 Å². The summed E-state index contributed by atoms with van der Waals surface area (Å²) < 4.78 is 12.1. The summed E-state index contributed by atoms with van der Waals surface area (Å²) >= 11 is 1.68. The van der Waals surface area contributed by atoms with Gasteiger partial charge < -0.3 is 9.47 Å². The highest BCUT2D eigenvalue weighted by atomic mass is 32.1. The Bertz CT molecular complexity index is 536. The molecule has 0 amide bonds. The lowest BCUT2D eigenvalue weighted by molar-refractivity contribution is 0.265. The minimum atomic E-state index is 0.823. The zero-order chi connectivity index (χ0) is 27.9. The molecule has 0 radical (unpaired) electrons. The van der Waals surface area contributed by atoms with Gasteiger partial charge in [-0.2, -0.15) is 0 Å². The molecule has 0 saturated carbocycles. The lowest BCUT2D eigenvalue weighted by atomic mass is 10.0. The molecule has 0 atom stereocenters. The second-order valence-corrected chi connectivity index (χ2v) is 12.8. The highest BCUT2D eigenvalue weighted by Crippen LogP contribution is 2.34. The van der Waals surface area contributed by atoms with Crippen molar-refractivity contribution in [1.82, 2.24) is 0 Å². The fourth-order valence-electron chi connectivity index (χ4n) is 5.44. The van der Waals surface area contributed by atoms with Crippen molar-refractivity contribution in [2.45, 2.75) is 194 Å². The third-order valence-electron chi connectivity index (χ3n) is 8.08. The van der Waals surface area contributed by atoms with E-state index >= 15 is 0 Å². The Balaban J connectivity index is 1.83. The van der Waals surface area contributed by atoms with Crippen molar-refractivity contribution in [3.05, 3.63) is 11.4 Å². The molecule has 1 heterocycles. The van der Waals surface area contributed by atoms with E-state index in [0.29, 0.717) is 0 Å². The van der Waals surface area contributed by atoms with Crippen molar-refractivity contribution in [1.29, 1.82) is 0 Å². The summed E-state index contributed by atoms with van der Waals surface area (Å²) in [4.78, 5) is 0. The SMILES string of the molecule is CCCCCCCCCCCCCCCCOc1ccsc1OCCCCCCCCCCCCCCCC. The lowest BCUT2D eigenvalue weighted by Crippen LogP contribution is -2.00. The Morgan fingerprint density at radius 2 is 0.718 bits per heavy atom. The molecule has 0 spiro atoms. The van der Waals surface area contributed by atoms with Crippen molar-refractivity contribution in [3.63, 3.8) is 0 Å². The Morgan fingerprint density at radius 1 is 0.410 bits per heavy atom. The highest BCUT2D eigenvalue weighted by molar-refractivity contribution is 7.12. The first-order valence-electron chi connectivity index (χ1n) is 17.7. The topological polar surface area (TPSA) is 18.5 Å². The first kappa shape index (κ1) is 36.3. The van der Waals surface area contributed by atoms with Crippen molar-refractivity contribution in [2.24, 2.45) is 0 Å². The average molecular weight is 565 g/mol. The van der Waals surface area contributed by atoms with Gasteiger partial charge in [-0.15, -0.1) is 11.3 Å². The summed E-state index contributed by atoms with van der Waals surface area (Å²) in [5.41, 5.74) is 0. The number of rotatable bonds is 32. The Morgan fingerprint density at radius 3 is 1.08 bits per heavy atom. The lowest BCUT2D eigenvalue weighted by Gasteiger charge is -2.09. The third kappa shape index (κ3) is 24.8. The Kier molecular flexibility index (Phi) is 28.2. The van der Waals surface area contributed by atoms with Crippen LogP contribution in [0.3, 0.4) is 0 Å². The van der Waals surface area contributed by atoms with Gasteiger partial charge in [-0.25, -0.2) is 0 Å². The fourth-order valence-corrected chi connectivity index (χ4v) is 6.15. The molecule has 1 aromatic rings. The zero-order valence-electron chi connectivity index (χ0n) is 26.6. The quantitative estimate of drug-likeness (QED) is 0.0810. The van der Waals surface area contributed by atoms with Gasteiger partial charge in [0.05, 0.1) is 13.2 Å². The van der Waals surface area contributed by atoms with E-state index in [4.69, 9.17) is 9.47 Å². The van der Waals surface area contributed by atoms with Crippen LogP contribution in [-0.4, -0.2) is 13.2 Å².